The number of ketones is 1. The molecule has 0 radical (unpaired) electrons. The molecular weight excluding hydrogens is 328 g/mol. The minimum Gasteiger partial charge on any atom is -0.481 e. The smallest absolute Gasteiger partial charge is 0.397 e. The third-order valence-corrected chi connectivity index (χ3v) is 3.68. The molecule has 0 aromatic carbocycles. The zero-order valence-electron chi connectivity index (χ0n) is 13.5. The SMILES string of the molecule is CC(C)CC(O)C(CCC(=O)CCCCC(=O)O)OS(=O)(=O)O. The molecule has 0 rings (SSSR count). The van der Waals surface area contributed by atoms with Crippen LogP contribution in [-0.2, 0) is 24.2 Å². The molecule has 0 aliphatic carbocycles. The van der Waals surface area contributed by atoms with Gasteiger partial charge < -0.3 is 10.2 Å². The second-order valence-corrected chi connectivity index (χ2v) is 6.99. The highest BCUT2D eigenvalue weighted by Crippen LogP contribution is 2.18. The number of hydrogen-bond donors (Lipinski definition) is 3. The maximum absolute atomic E-state index is 11.7. The average Bonchev–Trinajstić information content (AvgIpc) is 2.37. The zero-order chi connectivity index (χ0) is 18.0. The van der Waals surface area contributed by atoms with Gasteiger partial charge in [0.2, 0.25) is 0 Å². The molecule has 9 heteroatoms. The molecule has 0 aromatic heterocycles. The van der Waals surface area contributed by atoms with E-state index in [0.717, 1.165) is 0 Å². The first-order valence-electron chi connectivity index (χ1n) is 7.58. The number of hydrogen-bond acceptors (Lipinski definition) is 6. The number of Topliss-reactive ketones (excluding diaryl/α,β-unsaturated/α-hetero) is 1. The van der Waals surface area contributed by atoms with Crippen LogP contribution in [0.15, 0.2) is 0 Å². The van der Waals surface area contributed by atoms with Gasteiger partial charge in [-0.05, 0) is 31.6 Å². The van der Waals surface area contributed by atoms with Crippen molar-refractivity contribution >= 4 is 22.2 Å². The van der Waals surface area contributed by atoms with Crippen LogP contribution in [0, 0.1) is 5.92 Å². The van der Waals surface area contributed by atoms with Gasteiger partial charge in [0.05, 0.1) is 6.10 Å². The molecule has 2 atom stereocenters. The van der Waals surface area contributed by atoms with Crippen LogP contribution in [0.2, 0.25) is 0 Å². The van der Waals surface area contributed by atoms with Crippen molar-refractivity contribution in [2.45, 2.75) is 71.0 Å². The van der Waals surface area contributed by atoms with E-state index in [2.05, 4.69) is 4.18 Å². The van der Waals surface area contributed by atoms with Crippen molar-refractivity contribution in [3.8, 4) is 0 Å². The van der Waals surface area contributed by atoms with Gasteiger partial charge in [0, 0.05) is 19.3 Å². The molecule has 136 valence electrons. The molecule has 0 saturated heterocycles. The standard InChI is InChI=1S/C14H26O8S/c1-10(2)9-12(16)13(22-23(19,20)21)8-7-11(15)5-3-4-6-14(17)18/h10,12-13,16H,3-9H2,1-2H3,(H,17,18)(H,19,20,21). The third-order valence-electron chi connectivity index (χ3n) is 3.19. The molecule has 0 aliphatic rings. The van der Waals surface area contributed by atoms with Gasteiger partial charge in [0.25, 0.3) is 0 Å². The predicted molar refractivity (Wildman–Crippen MR) is 82.2 cm³/mol. The van der Waals surface area contributed by atoms with Crippen molar-refractivity contribution < 1.29 is 37.0 Å². The van der Waals surface area contributed by atoms with Gasteiger partial charge >= 0.3 is 16.4 Å². The largest absolute Gasteiger partial charge is 0.481 e. The van der Waals surface area contributed by atoms with Gasteiger partial charge in [0.1, 0.15) is 11.9 Å². The molecule has 0 saturated carbocycles. The summed E-state index contributed by atoms with van der Waals surface area (Å²) in [6, 6.07) is 0. The van der Waals surface area contributed by atoms with Crippen molar-refractivity contribution in [1.82, 2.24) is 0 Å². The molecular formula is C14H26O8S. The summed E-state index contributed by atoms with van der Waals surface area (Å²) in [7, 11) is -4.72. The minimum absolute atomic E-state index is 0.00508. The van der Waals surface area contributed by atoms with E-state index in [1.807, 2.05) is 13.8 Å². The molecule has 0 spiro atoms. The van der Waals surface area contributed by atoms with Crippen molar-refractivity contribution in [1.29, 1.82) is 0 Å². The number of aliphatic hydroxyl groups excluding tert-OH is 1. The van der Waals surface area contributed by atoms with Crippen LogP contribution < -0.4 is 0 Å². The van der Waals surface area contributed by atoms with E-state index in [4.69, 9.17) is 9.66 Å². The van der Waals surface area contributed by atoms with Crippen LogP contribution in [0.4, 0.5) is 0 Å². The highest BCUT2D eigenvalue weighted by atomic mass is 32.3. The lowest BCUT2D eigenvalue weighted by Crippen LogP contribution is -2.33. The lowest BCUT2D eigenvalue weighted by molar-refractivity contribution is -0.137. The number of aliphatic hydroxyl groups is 1. The number of carbonyl (C=O) groups excluding carboxylic acids is 1. The Morgan fingerprint density at radius 3 is 2.13 bits per heavy atom. The summed E-state index contributed by atoms with van der Waals surface area (Å²) >= 11 is 0. The fourth-order valence-electron chi connectivity index (χ4n) is 2.12. The number of carbonyl (C=O) groups is 2. The second kappa shape index (κ2) is 10.7. The fourth-order valence-corrected chi connectivity index (χ4v) is 2.66. The van der Waals surface area contributed by atoms with Crippen LogP contribution in [0.3, 0.4) is 0 Å². The minimum atomic E-state index is -4.72. The van der Waals surface area contributed by atoms with Crippen LogP contribution in [0.5, 0.6) is 0 Å². The Kier molecular flexibility index (Phi) is 10.2. The van der Waals surface area contributed by atoms with E-state index < -0.39 is 28.6 Å². The van der Waals surface area contributed by atoms with Crippen LogP contribution in [-0.4, -0.2) is 47.1 Å². The van der Waals surface area contributed by atoms with Crippen molar-refractivity contribution in [3.05, 3.63) is 0 Å². The van der Waals surface area contributed by atoms with E-state index in [1.165, 1.54) is 0 Å². The molecule has 2 unspecified atom stereocenters. The maximum Gasteiger partial charge on any atom is 0.397 e. The Bertz CT molecular complexity index is 471. The van der Waals surface area contributed by atoms with Crippen molar-refractivity contribution in [3.63, 3.8) is 0 Å². The summed E-state index contributed by atoms with van der Waals surface area (Å²) in [5.41, 5.74) is 0. The van der Waals surface area contributed by atoms with E-state index >= 15 is 0 Å². The highest BCUT2D eigenvalue weighted by Gasteiger charge is 2.26. The number of carboxylic acid groups (broad SMARTS) is 1. The van der Waals surface area contributed by atoms with E-state index in [1.54, 1.807) is 0 Å². The summed E-state index contributed by atoms with van der Waals surface area (Å²) in [6.45, 7) is 3.67. The normalized spacial score (nSPS) is 14.7. The highest BCUT2D eigenvalue weighted by molar-refractivity contribution is 7.80. The van der Waals surface area contributed by atoms with Gasteiger partial charge in [0.15, 0.2) is 0 Å². The molecule has 0 aliphatic heterocycles. The molecule has 3 N–H and O–H groups in total. The molecule has 0 fully saturated rings. The van der Waals surface area contributed by atoms with Crippen LogP contribution >= 0.6 is 0 Å². The Morgan fingerprint density at radius 1 is 1.09 bits per heavy atom. The van der Waals surface area contributed by atoms with E-state index in [-0.39, 0.29) is 43.8 Å². The molecule has 0 aromatic rings. The first-order chi connectivity index (χ1) is 10.5. The lowest BCUT2D eigenvalue weighted by atomic mass is 9.97. The monoisotopic (exact) mass is 354 g/mol. The topological polar surface area (TPSA) is 138 Å². The molecule has 0 amide bonds. The van der Waals surface area contributed by atoms with Crippen molar-refractivity contribution in [2.75, 3.05) is 0 Å². The third kappa shape index (κ3) is 13.1. The molecule has 0 heterocycles. The Morgan fingerprint density at radius 2 is 1.65 bits per heavy atom. The van der Waals surface area contributed by atoms with E-state index in [9.17, 15) is 23.1 Å². The van der Waals surface area contributed by atoms with Gasteiger partial charge in [-0.2, -0.15) is 8.42 Å². The molecule has 8 nitrogen and oxygen atoms in total. The molecule has 0 bridgehead atoms. The Labute approximate surface area is 136 Å². The van der Waals surface area contributed by atoms with Gasteiger partial charge in [-0.15, -0.1) is 0 Å². The Hall–Kier alpha value is -1.03. The number of carboxylic acids is 1. The summed E-state index contributed by atoms with van der Waals surface area (Å²) < 4.78 is 34.9. The van der Waals surface area contributed by atoms with Crippen LogP contribution in [0.25, 0.3) is 0 Å². The zero-order valence-corrected chi connectivity index (χ0v) is 14.3. The summed E-state index contributed by atoms with van der Waals surface area (Å²) in [4.78, 5) is 22.1. The number of rotatable bonds is 13. The second-order valence-electron chi connectivity index (χ2n) is 5.94. The van der Waals surface area contributed by atoms with Gasteiger partial charge in [-0.1, -0.05) is 13.8 Å². The maximum atomic E-state index is 11.7. The number of unbranched alkanes of at least 4 members (excludes halogenated alkanes) is 1. The predicted octanol–water partition coefficient (Wildman–Crippen LogP) is 1.58. The van der Waals surface area contributed by atoms with Gasteiger partial charge in [-0.3, -0.25) is 14.1 Å². The number of aliphatic carboxylic acids is 1. The molecule has 23 heavy (non-hydrogen) atoms. The fraction of sp³-hybridized carbons (Fsp3) is 0.857. The average molecular weight is 354 g/mol. The summed E-state index contributed by atoms with van der Waals surface area (Å²) in [5, 5.41) is 18.4. The lowest BCUT2D eigenvalue weighted by Gasteiger charge is -2.22. The van der Waals surface area contributed by atoms with Gasteiger partial charge in [-0.25, -0.2) is 4.18 Å². The van der Waals surface area contributed by atoms with Crippen LogP contribution in [0.1, 0.15) is 58.8 Å². The summed E-state index contributed by atoms with van der Waals surface area (Å²) in [6.07, 6.45) is -1.07. The summed E-state index contributed by atoms with van der Waals surface area (Å²) in [5.74, 6) is -1.00. The Balaban J connectivity index is 4.36. The quantitative estimate of drug-likeness (QED) is 0.335. The van der Waals surface area contributed by atoms with Crippen molar-refractivity contribution in [2.24, 2.45) is 5.92 Å². The first kappa shape index (κ1) is 22.0. The first-order valence-corrected chi connectivity index (χ1v) is 8.95. The van der Waals surface area contributed by atoms with E-state index in [0.29, 0.717) is 12.8 Å².